The van der Waals surface area contributed by atoms with Crippen LogP contribution in [0.25, 0.3) is 0 Å². The van der Waals surface area contributed by atoms with Crippen LogP contribution in [-0.4, -0.2) is 19.0 Å². The van der Waals surface area contributed by atoms with Gasteiger partial charge in [-0.3, -0.25) is 4.79 Å². The molecule has 1 aromatic heterocycles. The van der Waals surface area contributed by atoms with Crippen molar-refractivity contribution in [2.24, 2.45) is 5.92 Å². The van der Waals surface area contributed by atoms with Crippen LogP contribution in [0.2, 0.25) is 0 Å². The maximum atomic E-state index is 11.8. The second-order valence-electron chi connectivity index (χ2n) is 4.17. The van der Waals surface area contributed by atoms with Crippen molar-refractivity contribution >= 4 is 28.2 Å². The number of thiophene rings is 1. The molecular weight excluding hydrogens is 250 g/mol. The van der Waals surface area contributed by atoms with Crippen LogP contribution in [0, 0.1) is 5.92 Å². The fraction of sp³-hybridized carbons (Fsp3) is 0.385. The second kappa shape index (κ2) is 5.82. The minimum absolute atomic E-state index is 0.00943. The molecule has 0 aromatic carbocycles. The summed E-state index contributed by atoms with van der Waals surface area (Å²) in [4.78, 5) is 23.5. The Morgan fingerprint density at radius 1 is 1.50 bits per heavy atom. The molecule has 0 unspecified atom stereocenters. The third-order valence-corrected chi connectivity index (χ3v) is 3.80. The summed E-state index contributed by atoms with van der Waals surface area (Å²) in [6.07, 6.45) is 6.81. The lowest BCUT2D eigenvalue weighted by atomic mass is 10.1. The Balaban J connectivity index is 1.88. The fourth-order valence-corrected chi connectivity index (χ4v) is 2.75. The van der Waals surface area contributed by atoms with Crippen molar-refractivity contribution in [3.63, 3.8) is 0 Å². The molecule has 0 aliphatic heterocycles. The van der Waals surface area contributed by atoms with E-state index in [4.69, 9.17) is 0 Å². The number of carbonyl (C=O) groups excluding carboxylic acids is 2. The summed E-state index contributed by atoms with van der Waals surface area (Å²) >= 11 is 1.23. The normalized spacial score (nSPS) is 17.7. The molecule has 2 rings (SSSR count). The van der Waals surface area contributed by atoms with Crippen molar-refractivity contribution < 1.29 is 14.3 Å². The molecular formula is C13H15NO3S. The number of anilines is 1. The lowest BCUT2D eigenvalue weighted by Crippen LogP contribution is -2.13. The van der Waals surface area contributed by atoms with Crippen molar-refractivity contribution in [2.75, 3.05) is 12.4 Å². The van der Waals surface area contributed by atoms with Gasteiger partial charge in [-0.15, -0.1) is 11.3 Å². The smallest absolute Gasteiger partial charge is 0.348 e. The zero-order valence-electron chi connectivity index (χ0n) is 10.1. The highest BCUT2D eigenvalue weighted by Gasteiger charge is 2.15. The Hall–Kier alpha value is -1.62. The summed E-state index contributed by atoms with van der Waals surface area (Å²) in [5.74, 6) is -0.0333. The minimum atomic E-state index is -0.376. The molecule has 1 atom stereocenters. The molecule has 4 nitrogen and oxygen atoms in total. The van der Waals surface area contributed by atoms with E-state index in [1.165, 1.54) is 18.4 Å². The highest BCUT2D eigenvalue weighted by molar-refractivity contribution is 7.18. The van der Waals surface area contributed by atoms with Crippen LogP contribution in [-0.2, 0) is 9.53 Å². The van der Waals surface area contributed by atoms with Crippen molar-refractivity contribution in [3.05, 3.63) is 29.2 Å². The lowest BCUT2D eigenvalue weighted by molar-refractivity contribution is -0.116. The summed E-state index contributed by atoms with van der Waals surface area (Å²) < 4.78 is 4.61. The second-order valence-corrected chi connectivity index (χ2v) is 5.26. The fourth-order valence-electron chi connectivity index (χ4n) is 1.91. The van der Waals surface area contributed by atoms with E-state index in [0.717, 1.165) is 12.8 Å². The highest BCUT2D eigenvalue weighted by atomic mass is 32.1. The number of carbonyl (C=O) groups is 2. The standard InChI is InChI=1S/C13H15NO3S/c1-17-13(16)10-6-7-12(18-10)14-11(15)8-9-4-2-3-5-9/h2,4,6-7,9H,3,5,8H2,1H3,(H,14,15)/t9-/m0/s1. The van der Waals surface area contributed by atoms with E-state index >= 15 is 0 Å². The monoisotopic (exact) mass is 265 g/mol. The summed E-state index contributed by atoms with van der Waals surface area (Å²) in [6.45, 7) is 0. The van der Waals surface area contributed by atoms with Crippen LogP contribution in [0.5, 0.6) is 0 Å². The topological polar surface area (TPSA) is 55.4 Å². The third kappa shape index (κ3) is 3.20. The van der Waals surface area contributed by atoms with E-state index in [0.29, 0.717) is 22.2 Å². The molecule has 0 saturated heterocycles. The Bertz CT molecular complexity index is 478. The molecule has 0 bridgehead atoms. The van der Waals surface area contributed by atoms with E-state index in [1.807, 2.05) is 0 Å². The SMILES string of the molecule is COC(=O)c1ccc(NC(=O)C[C@H]2C=CCC2)s1. The zero-order chi connectivity index (χ0) is 13.0. The molecule has 1 heterocycles. The van der Waals surface area contributed by atoms with E-state index < -0.39 is 0 Å². The molecule has 0 radical (unpaired) electrons. The Kier molecular flexibility index (Phi) is 4.15. The average Bonchev–Trinajstić information content (AvgIpc) is 2.99. The number of methoxy groups -OCH3 is 1. The summed E-state index contributed by atoms with van der Waals surface area (Å²) in [6, 6.07) is 3.38. The molecule has 0 spiro atoms. The molecule has 1 N–H and O–H groups in total. The number of allylic oxidation sites excluding steroid dienone is 2. The van der Waals surface area contributed by atoms with Crippen LogP contribution in [0.15, 0.2) is 24.3 Å². The van der Waals surface area contributed by atoms with Crippen LogP contribution >= 0.6 is 11.3 Å². The molecule has 96 valence electrons. The van der Waals surface area contributed by atoms with Crippen LogP contribution in [0.1, 0.15) is 28.9 Å². The number of ether oxygens (including phenoxy) is 1. The molecule has 1 amide bonds. The van der Waals surface area contributed by atoms with Crippen molar-refractivity contribution in [2.45, 2.75) is 19.3 Å². The molecule has 1 aliphatic carbocycles. The van der Waals surface area contributed by atoms with Crippen molar-refractivity contribution in [1.82, 2.24) is 0 Å². The number of esters is 1. The molecule has 18 heavy (non-hydrogen) atoms. The van der Waals surface area contributed by atoms with E-state index in [2.05, 4.69) is 22.2 Å². The van der Waals surface area contributed by atoms with Gasteiger partial charge in [-0.25, -0.2) is 4.79 Å². The van der Waals surface area contributed by atoms with Crippen LogP contribution in [0.4, 0.5) is 5.00 Å². The predicted molar refractivity (Wildman–Crippen MR) is 70.8 cm³/mol. The van der Waals surface area contributed by atoms with Crippen molar-refractivity contribution in [3.8, 4) is 0 Å². The van der Waals surface area contributed by atoms with Gasteiger partial charge >= 0.3 is 5.97 Å². The Morgan fingerprint density at radius 2 is 2.33 bits per heavy atom. The predicted octanol–water partition coefficient (Wildman–Crippen LogP) is 2.83. The largest absolute Gasteiger partial charge is 0.465 e. The van der Waals surface area contributed by atoms with Gasteiger partial charge in [0.2, 0.25) is 5.91 Å². The number of rotatable bonds is 4. The Labute approximate surface area is 110 Å². The maximum Gasteiger partial charge on any atom is 0.348 e. The van der Waals surface area contributed by atoms with Gasteiger partial charge in [-0.2, -0.15) is 0 Å². The van der Waals surface area contributed by atoms with Gasteiger partial charge in [0.25, 0.3) is 0 Å². The molecule has 1 aliphatic rings. The first-order valence-electron chi connectivity index (χ1n) is 5.83. The molecule has 1 aromatic rings. The minimum Gasteiger partial charge on any atom is -0.465 e. The first-order valence-corrected chi connectivity index (χ1v) is 6.65. The third-order valence-electron chi connectivity index (χ3n) is 2.82. The number of nitrogens with one attached hydrogen (secondary N) is 1. The number of amides is 1. The van der Waals surface area contributed by atoms with Gasteiger partial charge in [0.15, 0.2) is 0 Å². The van der Waals surface area contributed by atoms with Gasteiger partial charge < -0.3 is 10.1 Å². The number of hydrogen-bond donors (Lipinski definition) is 1. The van der Waals surface area contributed by atoms with Gasteiger partial charge in [0, 0.05) is 6.42 Å². The average molecular weight is 265 g/mol. The Morgan fingerprint density at radius 3 is 3.00 bits per heavy atom. The van der Waals surface area contributed by atoms with E-state index in [9.17, 15) is 9.59 Å². The molecule has 0 saturated carbocycles. The first-order chi connectivity index (χ1) is 8.69. The lowest BCUT2D eigenvalue weighted by Gasteiger charge is -2.06. The van der Waals surface area contributed by atoms with Crippen LogP contribution < -0.4 is 5.32 Å². The van der Waals surface area contributed by atoms with Crippen LogP contribution in [0.3, 0.4) is 0 Å². The van der Waals surface area contributed by atoms with E-state index in [-0.39, 0.29) is 11.9 Å². The maximum absolute atomic E-state index is 11.8. The summed E-state index contributed by atoms with van der Waals surface area (Å²) in [5, 5.41) is 3.49. The van der Waals surface area contributed by atoms with Gasteiger partial charge in [-0.1, -0.05) is 12.2 Å². The van der Waals surface area contributed by atoms with E-state index in [1.54, 1.807) is 12.1 Å². The quantitative estimate of drug-likeness (QED) is 0.672. The van der Waals surface area contributed by atoms with Crippen molar-refractivity contribution in [1.29, 1.82) is 0 Å². The number of hydrogen-bond acceptors (Lipinski definition) is 4. The first kappa shape index (κ1) is 12.8. The molecule has 0 fully saturated rings. The highest BCUT2D eigenvalue weighted by Crippen LogP contribution is 2.24. The summed E-state index contributed by atoms with van der Waals surface area (Å²) in [5.41, 5.74) is 0. The zero-order valence-corrected chi connectivity index (χ0v) is 11.0. The van der Waals surface area contributed by atoms with Gasteiger partial charge in [0.05, 0.1) is 12.1 Å². The molecule has 5 heteroatoms. The van der Waals surface area contributed by atoms with Gasteiger partial charge in [0.1, 0.15) is 4.88 Å². The summed E-state index contributed by atoms with van der Waals surface area (Å²) in [7, 11) is 1.34. The van der Waals surface area contributed by atoms with Gasteiger partial charge in [-0.05, 0) is 30.9 Å².